The largest absolute Gasteiger partial charge is 0.397 e. The Labute approximate surface area is 294 Å². The van der Waals surface area contributed by atoms with Crippen LogP contribution < -0.4 is 11.2 Å². The number of nitro benzene ring substituents is 1. The van der Waals surface area contributed by atoms with Crippen LogP contribution in [0.3, 0.4) is 0 Å². The molecule has 0 spiro atoms. The van der Waals surface area contributed by atoms with E-state index in [0.29, 0.717) is 17.0 Å². The number of non-ortho nitro benzene ring substituents is 1. The van der Waals surface area contributed by atoms with Crippen LogP contribution in [0.1, 0.15) is 16.7 Å². The van der Waals surface area contributed by atoms with Gasteiger partial charge in [0.25, 0.3) is 41.7 Å². The molecule has 5 rings (SSSR count). The van der Waals surface area contributed by atoms with Crippen LogP contribution in [0.15, 0.2) is 110 Å². The van der Waals surface area contributed by atoms with Gasteiger partial charge in [0.05, 0.1) is 21.2 Å². The van der Waals surface area contributed by atoms with Gasteiger partial charge >= 0.3 is 0 Å². The molecule has 5 aromatic carbocycles. The topological polar surface area (TPSA) is 289 Å². The summed E-state index contributed by atoms with van der Waals surface area (Å²) in [5, 5.41) is 20.0. The SMILES string of the molecule is Cc1cc(N=Nc2cccc3c(S(=O)(=O)O)cccc23)c(N)cc1[N+](=O)Nc1ccc(/C=C/c2ccc([N+](=O)[O-])cc2S(=O)(=O)O)c(S(=O)(=O)O)c1. The molecule has 0 saturated heterocycles. The van der Waals surface area contributed by atoms with Crippen LogP contribution in [-0.2, 0) is 30.4 Å². The summed E-state index contributed by atoms with van der Waals surface area (Å²) in [6.07, 6.45) is 2.12. The van der Waals surface area contributed by atoms with E-state index in [1.165, 1.54) is 48.5 Å². The van der Waals surface area contributed by atoms with E-state index < -0.39 is 50.8 Å². The van der Waals surface area contributed by atoms with Crippen molar-refractivity contribution < 1.29 is 48.7 Å². The van der Waals surface area contributed by atoms with Gasteiger partial charge in [-0.3, -0.25) is 23.8 Å². The zero-order chi connectivity index (χ0) is 38.2. The molecular formula is C31H25N6O12S3+. The number of nitroso groups, excluding NO2 is 1. The van der Waals surface area contributed by atoms with Crippen molar-refractivity contribution in [3.8, 4) is 0 Å². The molecule has 0 amide bonds. The maximum atomic E-state index is 13.2. The van der Waals surface area contributed by atoms with Crippen molar-refractivity contribution >= 4 is 87.4 Å². The second-order valence-electron chi connectivity index (χ2n) is 10.9. The second kappa shape index (κ2) is 14.0. The van der Waals surface area contributed by atoms with Crippen molar-refractivity contribution in [3.63, 3.8) is 0 Å². The highest BCUT2D eigenvalue weighted by molar-refractivity contribution is 7.86. The fourth-order valence-corrected chi connectivity index (χ4v) is 7.13. The van der Waals surface area contributed by atoms with Crippen LogP contribution in [0, 0.1) is 21.9 Å². The van der Waals surface area contributed by atoms with Gasteiger partial charge in [-0.15, -0.1) is 15.7 Å². The van der Waals surface area contributed by atoms with E-state index in [9.17, 15) is 53.9 Å². The number of azo groups is 1. The van der Waals surface area contributed by atoms with E-state index in [0.717, 1.165) is 30.4 Å². The number of nitrogens with one attached hydrogen (secondary N) is 1. The summed E-state index contributed by atoms with van der Waals surface area (Å²) < 4.78 is 101. The Morgan fingerprint density at radius 2 is 1.25 bits per heavy atom. The lowest BCUT2D eigenvalue weighted by molar-refractivity contribution is -0.428. The molecule has 0 aliphatic heterocycles. The number of fused-ring (bicyclic) bond motifs is 1. The lowest BCUT2D eigenvalue weighted by Gasteiger charge is -2.08. The van der Waals surface area contributed by atoms with E-state index in [1.807, 2.05) is 0 Å². The van der Waals surface area contributed by atoms with E-state index in [2.05, 4.69) is 15.7 Å². The first-order chi connectivity index (χ1) is 24.2. The number of rotatable bonds is 11. The van der Waals surface area contributed by atoms with Crippen molar-refractivity contribution in [1.29, 1.82) is 0 Å². The number of nitrogens with two attached hydrogens (primary N) is 1. The molecule has 52 heavy (non-hydrogen) atoms. The van der Waals surface area contributed by atoms with E-state index in [4.69, 9.17) is 5.73 Å². The molecule has 0 bridgehead atoms. The quantitative estimate of drug-likeness (QED) is 0.0185. The number of nitrogens with zero attached hydrogens (tertiary/aromatic N) is 4. The van der Waals surface area contributed by atoms with Gasteiger partial charge in [0.1, 0.15) is 26.1 Å². The summed E-state index contributed by atoms with van der Waals surface area (Å²) in [5.41, 5.74) is 8.15. The minimum absolute atomic E-state index is 0.000443. The molecule has 0 aromatic heterocycles. The van der Waals surface area contributed by atoms with Gasteiger partial charge in [0, 0.05) is 34.5 Å². The summed E-state index contributed by atoms with van der Waals surface area (Å²) in [5.74, 6) is 0. The van der Waals surface area contributed by atoms with Gasteiger partial charge in [0.2, 0.25) is 0 Å². The molecule has 6 N–H and O–H groups in total. The van der Waals surface area contributed by atoms with Gasteiger partial charge in [0.15, 0.2) is 4.87 Å². The van der Waals surface area contributed by atoms with Crippen molar-refractivity contribution in [2.24, 2.45) is 10.2 Å². The Kier molecular flexibility index (Phi) is 10.0. The molecule has 0 atom stereocenters. The van der Waals surface area contributed by atoms with Gasteiger partial charge < -0.3 is 5.73 Å². The maximum Gasteiger partial charge on any atom is 0.297 e. The van der Waals surface area contributed by atoms with Crippen LogP contribution in [0.4, 0.5) is 34.1 Å². The minimum atomic E-state index is -4.94. The molecule has 0 aliphatic rings. The number of nitro groups is 1. The number of benzene rings is 5. The third-order valence-electron chi connectivity index (χ3n) is 7.42. The van der Waals surface area contributed by atoms with Crippen molar-refractivity contribution in [2.45, 2.75) is 21.6 Å². The predicted molar refractivity (Wildman–Crippen MR) is 189 cm³/mol. The number of hydrogen-bond acceptors (Lipinski definition) is 12. The number of hydrazine groups is 1. The van der Waals surface area contributed by atoms with Crippen LogP contribution in [0.5, 0.6) is 0 Å². The second-order valence-corrected chi connectivity index (χ2v) is 15.1. The summed E-state index contributed by atoms with van der Waals surface area (Å²) in [6, 6.07) is 17.5. The summed E-state index contributed by atoms with van der Waals surface area (Å²) in [4.78, 5) is 21.8. The molecule has 0 aliphatic carbocycles. The molecule has 18 nitrogen and oxygen atoms in total. The Balaban J connectivity index is 1.42. The van der Waals surface area contributed by atoms with Gasteiger partial charge in [-0.25, -0.2) is 0 Å². The summed E-state index contributed by atoms with van der Waals surface area (Å²) in [7, 11) is -14.4. The highest BCUT2D eigenvalue weighted by atomic mass is 32.2. The lowest BCUT2D eigenvalue weighted by atomic mass is 10.1. The highest BCUT2D eigenvalue weighted by Crippen LogP contribution is 2.35. The van der Waals surface area contributed by atoms with Gasteiger partial charge in [-0.1, -0.05) is 42.5 Å². The Morgan fingerprint density at radius 3 is 1.87 bits per heavy atom. The van der Waals surface area contributed by atoms with Crippen molar-refractivity contribution in [1.82, 2.24) is 0 Å². The van der Waals surface area contributed by atoms with Crippen LogP contribution >= 0.6 is 0 Å². The lowest BCUT2D eigenvalue weighted by Crippen LogP contribution is -2.13. The fourth-order valence-electron chi connectivity index (χ4n) is 5.01. The zero-order valence-corrected chi connectivity index (χ0v) is 28.8. The number of aryl methyl sites for hydroxylation is 1. The Hall–Kier alpha value is -5.97. The molecule has 0 heterocycles. The summed E-state index contributed by atoms with van der Waals surface area (Å²) >= 11 is 0. The fraction of sp³-hybridized carbons (Fsp3) is 0.0323. The number of anilines is 2. The number of hydrogen-bond donors (Lipinski definition) is 5. The average Bonchev–Trinajstić information content (AvgIpc) is 3.06. The van der Waals surface area contributed by atoms with E-state index in [1.54, 1.807) is 19.1 Å². The molecule has 0 radical (unpaired) electrons. The molecule has 5 aromatic rings. The van der Waals surface area contributed by atoms with Gasteiger partial charge in [-0.05, 0) is 54.4 Å². The minimum Gasteiger partial charge on any atom is -0.397 e. The molecular weight excluding hydrogens is 745 g/mol. The predicted octanol–water partition coefficient (Wildman–Crippen LogP) is 6.40. The first-order valence-electron chi connectivity index (χ1n) is 14.3. The van der Waals surface area contributed by atoms with E-state index >= 15 is 0 Å². The normalized spacial score (nSPS) is 12.5. The molecule has 0 fully saturated rings. The molecule has 21 heteroatoms. The number of nitrogen functional groups attached to an aromatic ring is 1. The molecule has 0 unspecified atom stereocenters. The third kappa shape index (κ3) is 8.15. The van der Waals surface area contributed by atoms with Gasteiger partial charge in [-0.2, -0.15) is 25.3 Å². The van der Waals surface area contributed by atoms with Crippen molar-refractivity contribution in [2.75, 3.05) is 11.2 Å². The first kappa shape index (κ1) is 37.3. The summed E-state index contributed by atoms with van der Waals surface area (Å²) in [6.45, 7) is 1.55. The first-order valence-corrected chi connectivity index (χ1v) is 18.7. The smallest absolute Gasteiger partial charge is 0.297 e. The van der Waals surface area contributed by atoms with Crippen LogP contribution in [0.25, 0.3) is 22.9 Å². The molecule has 268 valence electrons. The average molecular weight is 770 g/mol. The monoisotopic (exact) mass is 769 g/mol. The van der Waals surface area contributed by atoms with Crippen LogP contribution in [0.2, 0.25) is 0 Å². The Morgan fingerprint density at radius 1 is 0.692 bits per heavy atom. The third-order valence-corrected chi connectivity index (χ3v) is 10.1. The maximum absolute atomic E-state index is 13.2. The highest BCUT2D eigenvalue weighted by Gasteiger charge is 2.24. The van der Waals surface area contributed by atoms with Crippen LogP contribution in [-0.4, -0.2) is 48.7 Å². The Bertz CT molecular complexity index is 2720. The zero-order valence-electron chi connectivity index (χ0n) is 26.3. The standard InChI is InChI=1S/C31H24N6O12S3/c1-18-14-27(34-33-26-6-2-5-24-23(26)4-3-7-29(24)50(41,42)43)25(32)17-28(18)36(38)35-21-12-10-19(30(15-21)51(44,45)46)8-9-20-11-13-22(37(39)40)16-31(20)52(47,48)49/h2-17H,32H2,1H3,(H3-,35,38,41,42,43,44,45,46,47,48,49)/p+1/b9-8+,34-33?. The van der Waals surface area contributed by atoms with Crippen molar-refractivity contribution in [3.05, 3.63) is 117 Å². The van der Waals surface area contributed by atoms with E-state index in [-0.39, 0.29) is 54.7 Å². The molecule has 0 saturated carbocycles.